The maximum atomic E-state index is 6.20. The molecule has 1 aromatic heterocycles. The van der Waals surface area contributed by atoms with Gasteiger partial charge in [0.15, 0.2) is 0 Å². The quantitative estimate of drug-likeness (QED) is 0.753. The fraction of sp³-hybridized carbons (Fsp3) is 0.273. The van der Waals surface area contributed by atoms with Crippen molar-refractivity contribution in [2.24, 2.45) is 0 Å². The molecule has 15 heavy (non-hydrogen) atoms. The Morgan fingerprint density at radius 3 is 2.40 bits per heavy atom. The van der Waals surface area contributed by atoms with Gasteiger partial charge in [0.2, 0.25) is 0 Å². The molecule has 0 N–H and O–H groups in total. The normalized spacial score (nSPS) is 12.0. The van der Waals surface area contributed by atoms with E-state index >= 15 is 0 Å². The van der Waals surface area contributed by atoms with E-state index in [0.717, 1.165) is 16.1 Å². The fourth-order valence-corrected chi connectivity index (χ4v) is 5.26. The first kappa shape index (κ1) is 11.1. The van der Waals surface area contributed by atoms with Crippen molar-refractivity contribution in [3.8, 4) is 0 Å². The molecule has 0 aliphatic carbocycles. The SMILES string of the molecule is [CH3][Sn]([CH3])([CH3])[c]1cc(Cl)c2nccnc2c1. The summed E-state index contributed by atoms with van der Waals surface area (Å²) in [6.45, 7) is 0. The zero-order valence-corrected chi connectivity index (χ0v) is 12.7. The molecule has 2 rings (SSSR count). The van der Waals surface area contributed by atoms with Gasteiger partial charge in [-0.3, -0.25) is 0 Å². The predicted molar refractivity (Wildman–Crippen MR) is 67.5 cm³/mol. The second kappa shape index (κ2) is 3.90. The van der Waals surface area contributed by atoms with Crippen molar-refractivity contribution in [1.82, 2.24) is 9.97 Å². The molecule has 0 spiro atoms. The number of hydrogen-bond donors (Lipinski definition) is 0. The van der Waals surface area contributed by atoms with Crippen molar-refractivity contribution in [2.45, 2.75) is 14.8 Å². The van der Waals surface area contributed by atoms with Crippen LogP contribution in [0.25, 0.3) is 11.0 Å². The van der Waals surface area contributed by atoms with Gasteiger partial charge in [-0.2, -0.15) is 0 Å². The van der Waals surface area contributed by atoms with E-state index in [2.05, 4.69) is 36.9 Å². The molecule has 0 saturated carbocycles. The van der Waals surface area contributed by atoms with Crippen LogP contribution in [-0.4, -0.2) is 28.3 Å². The van der Waals surface area contributed by atoms with Gasteiger partial charge in [-0.05, 0) is 0 Å². The van der Waals surface area contributed by atoms with Gasteiger partial charge < -0.3 is 0 Å². The van der Waals surface area contributed by atoms with Gasteiger partial charge in [-0.25, -0.2) is 0 Å². The predicted octanol–water partition coefficient (Wildman–Crippen LogP) is 2.83. The van der Waals surface area contributed by atoms with Crippen LogP contribution in [0.15, 0.2) is 24.5 Å². The summed E-state index contributed by atoms with van der Waals surface area (Å²) in [6, 6.07) is 4.21. The topological polar surface area (TPSA) is 25.8 Å². The van der Waals surface area contributed by atoms with Crippen molar-refractivity contribution in [2.75, 3.05) is 0 Å². The van der Waals surface area contributed by atoms with E-state index in [1.54, 1.807) is 12.4 Å². The summed E-state index contributed by atoms with van der Waals surface area (Å²) in [5.74, 6) is 0. The Bertz CT molecular complexity index is 505. The molecule has 2 aromatic rings. The number of rotatable bonds is 1. The van der Waals surface area contributed by atoms with Crippen LogP contribution in [0.4, 0.5) is 0 Å². The average Bonchev–Trinajstić information content (AvgIpc) is 2.16. The Balaban J connectivity index is 2.73. The van der Waals surface area contributed by atoms with Crippen LogP contribution in [-0.2, 0) is 0 Å². The minimum atomic E-state index is -2.06. The van der Waals surface area contributed by atoms with Crippen LogP contribution in [0.2, 0.25) is 19.8 Å². The Kier molecular flexibility index (Phi) is 2.90. The molecule has 0 fully saturated rings. The van der Waals surface area contributed by atoms with Crippen molar-refractivity contribution < 1.29 is 0 Å². The third-order valence-electron chi connectivity index (χ3n) is 2.39. The Morgan fingerprint density at radius 1 is 1.07 bits per heavy atom. The summed E-state index contributed by atoms with van der Waals surface area (Å²) in [6.07, 6.45) is 3.38. The van der Waals surface area contributed by atoms with Gasteiger partial charge >= 0.3 is 98.9 Å². The van der Waals surface area contributed by atoms with Crippen LogP contribution < -0.4 is 3.58 Å². The zero-order chi connectivity index (χ0) is 11.1. The molecule has 1 aromatic carbocycles. The number of fused-ring (bicyclic) bond motifs is 1. The summed E-state index contributed by atoms with van der Waals surface area (Å²) in [5.41, 5.74) is 1.71. The maximum absolute atomic E-state index is 6.20. The third-order valence-corrected chi connectivity index (χ3v) is 8.45. The van der Waals surface area contributed by atoms with Crippen LogP contribution in [0, 0.1) is 0 Å². The van der Waals surface area contributed by atoms with Crippen molar-refractivity contribution in [3.63, 3.8) is 0 Å². The molecular formula is C11H13ClN2Sn. The van der Waals surface area contributed by atoms with E-state index in [1.165, 1.54) is 3.58 Å². The first-order valence-electron chi connectivity index (χ1n) is 4.89. The number of hydrogen-bond acceptors (Lipinski definition) is 2. The molecule has 0 saturated heterocycles. The molecule has 0 aliphatic rings. The van der Waals surface area contributed by atoms with Crippen molar-refractivity contribution in [3.05, 3.63) is 29.5 Å². The van der Waals surface area contributed by atoms with Crippen LogP contribution >= 0.6 is 11.6 Å². The summed E-state index contributed by atoms with van der Waals surface area (Å²) in [4.78, 5) is 15.6. The molecular weight excluding hydrogens is 314 g/mol. The average molecular weight is 327 g/mol. The molecule has 78 valence electrons. The van der Waals surface area contributed by atoms with Gasteiger partial charge in [0.25, 0.3) is 0 Å². The van der Waals surface area contributed by atoms with Crippen LogP contribution in [0.5, 0.6) is 0 Å². The third kappa shape index (κ3) is 2.26. The first-order chi connectivity index (χ1) is 6.98. The van der Waals surface area contributed by atoms with E-state index in [1.807, 2.05) is 0 Å². The van der Waals surface area contributed by atoms with Crippen molar-refractivity contribution in [1.29, 1.82) is 0 Å². The monoisotopic (exact) mass is 328 g/mol. The molecule has 1 heterocycles. The molecule has 0 unspecified atom stereocenters. The van der Waals surface area contributed by atoms with Gasteiger partial charge in [-0.1, -0.05) is 0 Å². The van der Waals surface area contributed by atoms with E-state index in [0.29, 0.717) is 0 Å². The van der Waals surface area contributed by atoms with Crippen LogP contribution in [0.3, 0.4) is 0 Å². The minimum absolute atomic E-state index is 0.724. The molecule has 4 heteroatoms. The second-order valence-electron chi connectivity index (χ2n) is 4.63. The second-order valence-corrected chi connectivity index (χ2v) is 19.5. The summed E-state index contributed by atoms with van der Waals surface area (Å²) in [5, 5.41) is 0.724. The summed E-state index contributed by atoms with van der Waals surface area (Å²) < 4.78 is 1.39. The molecule has 0 amide bonds. The van der Waals surface area contributed by atoms with Crippen molar-refractivity contribution >= 4 is 44.6 Å². The standard InChI is InChI=1S/C8H4ClN2.3CH3.Sn/c9-6-2-1-3-7-8(6)11-5-4-10-7;;;;/h2-5H;3*1H3;. The van der Waals surface area contributed by atoms with Gasteiger partial charge in [-0.15, -0.1) is 0 Å². The fourth-order valence-electron chi connectivity index (χ4n) is 1.47. The molecule has 0 atom stereocenters. The Labute approximate surface area is 98.6 Å². The van der Waals surface area contributed by atoms with E-state index in [-0.39, 0.29) is 0 Å². The van der Waals surface area contributed by atoms with E-state index < -0.39 is 18.4 Å². The summed E-state index contributed by atoms with van der Waals surface area (Å²) >= 11 is 4.14. The number of aromatic nitrogens is 2. The van der Waals surface area contributed by atoms with E-state index in [9.17, 15) is 0 Å². The number of nitrogens with zero attached hydrogens (tertiary/aromatic N) is 2. The summed E-state index contributed by atoms with van der Waals surface area (Å²) in [7, 11) is 0. The first-order valence-corrected chi connectivity index (χ1v) is 15.3. The number of halogens is 1. The van der Waals surface area contributed by atoms with Gasteiger partial charge in [0.05, 0.1) is 0 Å². The molecule has 0 bridgehead atoms. The van der Waals surface area contributed by atoms with Gasteiger partial charge in [0.1, 0.15) is 0 Å². The van der Waals surface area contributed by atoms with Gasteiger partial charge in [0, 0.05) is 0 Å². The van der Waals surface area contributed by atoms with E-state index in [4.69, 9.17) is 11.6 Å². The molecule has 0 aliphatic heterocycles. The van der Waals surface area contributed by atoms with Crippen LogP contribution in [0.1, 0.15) is 0 Å². The Hall–Kier alpha value is -0.351. The molecule has 2 nitrogen and oxygen atoms in total. The molecule has 0 radical (unpaired) electrons. The zero-order valence-electron chi connectivity index (χ0n) is 9.08. The Morgan fingerprint density at radius 2 is 1.73 bits per heavy atom. The number of benzene rings is 1.